The summed E-state index contributed by atoms with van der Waals surface area (Å²) in [6, 6.07) is 0.906. The molecule has 1 N–H and O–H groups in total. The first-order valence-corrected chi connectivity index (χ1v) is 8.08. The Bertz CT molecular complexity index is 267. The molecule has 0 radical (unpaired) electrons. The normalized spacial score (nSPS) is 22.4. The summed E-state index contributed by atoms with van der Waals surface area (Å²) in [4.78, 5) is 16.6. The summed E-state index contributed by atoms with van der Waals surface area (Å²) in [5.41, 5.74) is 0. The summed E-state index contributed by atoms with van der Waals surface area (Å²) in [6.45, 7) is 7.09. The van der Waals surface area contributed by atoms with Crippen LogP contribution in [0.25, 0.3) is 0 Å². The van der Waals surface area contributed by atoms with E-state index in [0.29, 0.717) is 6.04 Å². The van der Waals surface area contributed by atoms with Crippen LogP contribution in [0.5, 0.6) is 0 Å². The number of carbonyl (C=O) groups excluding carboxylic acids is 1. The monoisotopic (exact) mass is 267 g/mol. The highest BCUT2D eigenvalue weighted by Gasteiger charge is 2.26. The lowest BCUT2D eigenvalue weighted by molar-refractivity contribution is 0.138. The summed E-state index contributed by atoms with van der Waals surface area (Å²) in [7, 11) is 0. The van der Waals surface area contributed by atoms with Crippen molar-refractivity contribution in [1.82, 2.24) is 15.1 Å². The molecule has 2 amide bonds. The lowest BCUT2D eigenvalue weighted by Crippen LogP contribution is -2.50. The van der Waals surface area contributed by atoms with Crippen molar-refractivity contribution in [2.24, 2.45) is 0 Å². The molecule has 19 heavy (non-hydrogen) atoms. The first kappa shape index (κ1) is 14.6. The summed E-state index contributed by atoms with van der Waals surface area (Å²) in [6.07, 6.45) is 8.34. The predicted octanol–water partition coefficient (Wildman–Crippen LogP) is 2.45. The van der Waals surface area contributed by atoms with Gasteiger partial charge in [-0.1, -0.05) is 19.8 Å². The Hall–Kier alpha value is -0.770. The van der Waals surface area contributed by atoms with Crippen LogP contribution in [0, 0.1) is 0 Å². The van der Waals surface area contributed by atoms with E-state index in [1.165, 1.54) is 32.1 Å². The first-order chi connectivity index (χ1) is 9.31. The smallest absolute Gasteiger partial charge is 0.319 e. The number of amides is 2. The number of piperidine rings is 1. The minimum absolute atomic E-state index is 0.288. The van der Waals surface area contributed by atoms with E-state index in [2.05, 4.69) is 22.0 Å². The van der Waals surface area contributed by atoms with E-state index >= 15 is 0 Å². The molecular weight excluding hydrogens is 238 g/mol. The number of rotatable bonds is 3. The average Bonchev–Trinajstić information content (AvgIpc) is 2.74. The van der Waals surface area contributed by atoms with E-state index < -0.39 is 0 Å². The second-order valence-electron chi connectivity index (χ2n) is 5.90. The number of nitrogens with zero attached hydrogens (tertiary/aromatic N) is 2. The van der Waals surface area contributed by atoms with Gasteiger partial charge in [-0.3, -0.25) is 0 Å². The zero-order valence-corrected chi connectivity index (χ0v) is 12.4. The second-order valence-corrected chi connectivity index (χ2v) is 5.90. The summed E-state index contributed by atoms with van der Waals surface area (Å²) < 4.78 is 0. The molecule has 0 aromatic rings. The molecule has 2 saturated heterocycles. The average molecular weight is 267 g/mol. The van der Waals surface area contributed by atoms with Crippen LogP contribution in [0.4, 0.5) is 4.79 Å². The third-order valence-electron chi connectivity index (χ3n) is 4.33. The Morgan fingerprint density at radius 2 is 1.58 bits per heavy atom. The van der Waals surface area contributed by atoms with E-state index in [0.717, 1.165) is 45.6 Å². The summed E-state index contributed by atoms with van der Waals surface area (Å²) >= 11 is 0. The van der Waals surface area contributed by atoms with Crippen LogP contribution in [-0.2, 0) is 0 Å². The predicted molar refractivity (Wildman–Crippen MR) is 78.3 cm³/mol. The number of urea groups is 1. The number of nitrogens with one attached hydrogen (secondary N) is 1. The maximum Gasteiger partial charge on any atom is 0.319 e. The molecule has 4 heteroatoms. The standard InChI is InChI=1S/C15H29N3O/c1-2-9-16-14-7-12-18(13-8-14)15(19)17-10-5-3-4-6-11-17/h14,16H,2-13H2,1H3. The Balaban J connectivity index is 1.75. The number of carbonyl (C=O) groups is 1. The van der Waals surface area contributed by atoms with E-state index in [9.17, 15) is 4.79 Å². The molecule has 2 aliphatic heterocycles. The van der Waals surface area contributed by atoms with Crippen LogP contribution >= 0.6 is 0 Å². The molecule has 4 nitrogen and oxygen atoms in total. The van der Waals surface area contributed by atoms with Gasteiger partial charge in [-0.2, -0.15) is 0 Å². The van der Waals surface area contributed by atoms with Gasteiger partial charge in [0.25, 0.3) is 0 Å². The SMILES string of the molecule is CCCNC1CCN(C(=O)N2CCCCCC2)CC1. The van der Waals surface area contributed by atoms with Crippen molar-refractivity contribution in [3.8, 4) is 0 Å². The minimum Gasteiger partial charge on any atom is -0.325 e. The van der Waals surface area contributed by atoms with E-state index in [1.54, 1.807) is 0 Å². The van der Waals surface area contributed by atoms with Crippen molar-refractivity contribution in [1.29, 1.82) is 0 Å². The lowest BCUT2D eigenvalue weighted by Gasteiger charge is -2.35. The summed E-state index contributed by atoms with van der Waals surface area (Å²) in [5, 5.41) is 3.57. The highest BCUT2D eigenvalue weighted by molar-refractivity contribution is 5.74. The molecule has 0 spiro atoms. The van der Waals surface area contributed by atoms with Gasteiger partial charge < -0.3 is 15.1 Å². The zero-order valence-electron chi connectivity index (χ0n) is 12.4. The summed E-state index contributed by atoms with van der Waals surface area (Å²) in [5.74, 6) is 0. The van der Waals surface area contributed by atoms with Gasteiger partial charge in [-0.05, 0) is 38.6 Å². The fourth-order valence-electron chi connectivity index (χ4n) is 3.09. The molecule has 2 aliphatic rings. The highest BCUT2D eigenvalue weighted by atomic mass is 16.2. The van der Waals surface area contributed by atoms with Crippen molar-refractivity contribution in [2.75, 3.05) is 32.7 Å². The van der Waals surface area contributed by atoms with E-state index in [-0.39, 0.29) is 6.03 Å². The van der Waals surface area contributed by atoms with Crippen LogP contribution < -0.4 is 5.32 Å². The molecule has 110 valence electrons. The number of hydrogen-bond donors (Lipinski definition) is 1. The zero-order chi connectivity index (χ0) is 13.5. The molecule has 2 fully saturated rings. The van der Waals surface area contributed by atoms with Gasteiger partial charge in [-0.15, -0.1) is 0 Å². The second kappa shape index (κ2) is 7.73. The molecule has 2 rings (SSSR count). The molecule has 0 aromatic heterocycles. The van der Waals surface area contributed by atoms with Crippen molar-refractivity contribution in [3.05, 3.63) is 0 Å². The largest absolute Gasteiger partial charge is 0.325 e. The van der Waals surface area contributed by atoms with Crippen LogP contribution in [0.1, 0.15) is 51.9 Å². The molecule has 0 unspecified atom stereocenters. The third-order valence-corrected chi connectivity index (χ3v) is 4.33. The van der Waals surface area contributed by atoms with Gasteiger partial charge in [0.15, 0.2) is 0 Å². The molecule has 2 heterocycles. The third kappa shape index (κ3) is 4.37. The molecule has 0 bridgehead atoms. The number of hydrogen-bond acceptors (Lipinski definition) is 2. The Kier molecular flexibility index (Phi) is 5.95. The molecule has 0 aromatic carbocycles. The van der Waals surface area contributed by atoms with Gasteiger partial charge in [0.2, 0.25) is 0 Å². The van der Waals surface area contributed by atoms with Crippen molar-refractivity contribution < 1.29 is 4.79 Å². The molecule has 0 aliphatic carbocycles. The topological polar surface area (TPSA) is 35.6 Å². The van der Waals surface area contributed by atoms with Crippen LogP contribution in [0.15, 0.2) is 0 Å². The molecule has 0 atom stereocenters. The van der Waals surface area contributed by atoms with Crippen LogP contribution in [-0.4, -0.2) is 54.6 Å². The van der Waals surface area contributed by atoms with Crippen molar-refractivity contribution in [2.45, 2.75) is 57.9 Å². The van der Waals surface area contributed by atoms with Crippen molar-refractivity contribution >= 4 is 6.03 Å². The van der Waals surface area contributed by atoms with Gasteiger partial charge >= 0.3 is 6.03 Å². The Labute approximate surface area is 117 Å². The Morgan fingerprint density at radius 1 is 1.00 bits per heavy atom. The fraction of sp³-hybridized carbons (Fsp3) is 0.933. The van der Waals surface area contributed by atoms with Crippen LogP contribution in [0.2, 0.25) is 0 Å². The molecule has 0 saturated carbocycles. The Morgan fingerprint density at radius 3 is 2.16 bits per heavy atom. The van der Waals surface area contributed by atoms with Crippen LogP contribution in [0.3, 0.4) is 0 Å². The first-order valence-electron chi connectivity index (χ1n) is 8.08. The molecular formula is C15H29N3O. The quantitative estimate of drug-likeness (QED) is 0.852. The number of likely N-dealkylation sites (tertiary alicyclic amines) is 2. The van der Waals surface area contributed by atoms with Gasteiger partial charge in [0.1, 0.15) is 0 Å². The maximum atomic E-state index is 12.5. The fourth-order valence-corrected chi connectivity index (χ4v) is 3.09. The van der Waals surface area contributed by atoms with Gasteiger partial charge in [0.05, 0.1) is 0 Å². The van der Waals surface area contributed by atoms with Crippen molar-refractivity contribution in [3.63, 3.8) is 0 Å². The minimum atomic E-state index is 0.288. The maximum absolute atomic E-state index is 12.5. The lowest BCUT2D eigenvalue weighted by atomic mass is 10.1. The highest BCUT2D eigenvalue weighted by Crippen LogP contribution is 2.16. The van der Waals surface area contributed by atoms with E-state index in [4.69, 9.17) is 0 Å². The van der Waals surface area contributed by atoms with E-state index in [1.807, 2.05) is 0 Å². The van der Waals surface area contributed by atoms with Gasteiger partial charge in [0, 0.05) is 32.2 Å². The van der Waals surface area contributed by atoms with Gasteiger partial charge in [-0.25, -0.2) is 4.79 Å².